The third-order valence-electron chi connectivity index (χ3n) is 5.11. The van der Waals surface area contributed by atoms with Gasteiger partial charge in [-0.05, 0) is 36.0 Å². The molecule has 0 radical (unpaired) electrons. The van der Waals surface area contributed by atoms with Crippen molar-refractivity contribution in [2.45, 2.75) is 59.0 Å². The number of benzene rings is 2. The quantitative estimate of drug-likeness (QED) is 0.709. The van der Waals surface area contributed by atoms with Crippen LogP contribution >= 0.6 is 0 Å². The van der Waals surface area contributed by atoms with E-state index in [9.17, 15) is 9.59 Å². The lowest BCUT2D eigenvalue weighted by molar-refractivity contribution is -0.142. The Labute approximate surface area is 180 Å². The number of amides is 2. The molecule has 5 heteroatoms. The minimum Gasteiger partial charge on any atom is -0.483 e. The van der Waals surface area contributed by atoms with E-state index in [2.05, 4.69) is 26.1 Å². The summed E-state index contributed by atoms with van der Waals surface area (Å²) in [5.41, 5.74) is 3.04. The number of rotatable bonds is 8. The predicted octanol–water partition coefficient (Wildman–Crippen LogP) is 4.22. The van der Waals surface area contributed by atoms with E-state index in [1.54, 1.807) is 11.9 Å². The highest BCUT2D eigenvalue weighted by Crippen LogP contribution is 2.31. The Balaban J connectivity index is 2.25. The second-order valence-electron chi connectivity index (χ2n) is 8.58. The molecule has 0 fully saturated rings. The number of carbonyl (C=O) groups excluding carboxylic acids is 2. The van der Waals surface area contributed by atoms with E-state index < -0.39 is 6.04 Å². The normalized spacial score (nSPS) is 12.2. The minimum atomic E-state index is -0.551. The molecule has 0 bridgehead atoms. The van der Waals surface area contributed by atoms with E-state index in [1.807, 2.05) is 62.4 Å². The van der Waals surface area contributed by atoms with E-state index in [0.717, 1.165) is 16.7 Å². The van der Waals surface area contributed by atoms with Gasteiger partial charge >= 0.3 is 0 Å². The highest BCUT2D eigenvalue weighted by Gasteiger charge is 2.29. The Hall–Kier alpha value is -2.82. The molecule has 2 aromatic carbocycles. The fourth-order valence-corrected chi connectivity index (χ4v) is 3.53. The van der Waals surface area contributed by atoms with Crippen molar-refractivity contribution < 1.29 is 14.3 Å². The molecule has 0 aliphatic heterocycles. The molecule has 5 nitrogen and oxygen atoms in total. The second kappa shape index (κ2) is 10.3. The Morgan fingerprint density at radius 1 is 1.10 bits per heavy atom. The van der Waals surface area contributed by atoms with Crippen LogP contribution in [0.15, 0.2) is 48.5 Å². The van der Waals surface area contributed by atoms with Crippen LogP contribution in [0.5, 0.6) is 5.75 Å². The maximum Gasteiger partial charge on any atom is 0.261 e. The molecule has 1 N–H and O–H groups in total. The van der Waals surface area contributed by atoms with E-state index in [1.165, 1.54) is 0 Å². The molecule has 0 saturated carbocycles. The lowest BCUT2D eigenvalue weighted by Gasteiger charge is -2.30. The summed E-state index contributed by atoms with van der Waals surface area (Å²) in [6.07, 6.45) is 0.524. The summed E-state index contributed by atoms with van der Waals surface area (Å²) in [5.74, 6) is 0.311. The van der Waals surface area contributed by atoms with Gasteiger partial charge in [-0.2, -0.15) is 0 Å². The topological polar surface area (TPSA) is 58.6 Å². The Bertz CT molecular complexity index is 871. The van der Waals surface area contributed by atoms with Crippen LogP contribution in [-0.2, 0) is 21.5 Å². The first-order valence-corrected chi connectivity index (χ1v) is 10.5. The van der Waals surface area contributed by atoms with Gasteiger partial charge in [-0.15, -0.1) is 0 Å². The number of likely N-dealkylation sites (N-methyl/N-ethyl adjacent to an activating group) is 1. The first-order valence-electron chi connectivity index (χ1n) is 10.5. The molecule has 2 amide bonds. The monoisotopic (exact) mass is 410 g/mol. The van der Waals surface area contributed by atoms with Gasteiger partial charge in [0.05, 0.1) is 0 Å². The van der Waals surface area contributed by atoms with E-state index >= 15 is 0 Å². The smallest absolute Gasteiger partial charge is 0.261 e. The zero-order valence-corrected chi connectivity index (χ0v) is 19.0. The molecular weight excluding hydrogens is 376 g/mol. The molecule has 0 saturated heterocycles. The van der Waals surface area contributed by atoms with E-state index in [0.29, 0.717) is 18.7 Å². The van der Waals surface area contributed by atoms with Crippen molar-refractivity contribution in [1.29, 1.82) is 0 Å². The number of nitrogens with zero attached hydrogens (tertiary/aromatic N) is 1. The summed E-state index contributed by atoms with van der Waals surface area (Å²) in [7, 11) is 1.59. The van der Waals surface area contributed by atoms with Crippen molar-refractivity contribution in [3.8, 4) is 5.75 Å². The highest BCUT2D eigenvalue weighted by atomic mass is 16.5. The molecular formula is C25H34N2O3. The first kappa shape index (κ1) is 23.5. The maximum atomic E-state index is 13.2. The van der Waals surface area contributed by atoms with Gasteiger partial charge in [0, 0.05) is 13.6 Å². The van der Waals surface area contributed by atoms with Crippen molar-refractivity contribution >= 4 is 11.8 Å². The number of nitrogens with one attached hydrogen (secondary N) is 1. The van der Waals surface area contributed by atoms with Gasteiger partial charge in [-0.25, -0.2) is 0 Å². The van der Waals surface area contributed by atoms with Crippen LogP contribution in [0.1, 0.15) is 50.8 Å². The molecule has 0 spiro atoms. The van der Waals surface area contributed by atoms with Gasteiger partial charge in [-0.1, -0.05) is 75.7 Å². The molecule has 0 aliphatic carbocycles. The third-order valence-corrected chi connectivity index (χ3v) is 5.11. The Morgan fingerprint density at radius 3 is 2.40 bits per heavy atom. The van der Waals surface area contributed by atoms with Gasteiger partial charge in [0.15, 0.2) is 6.61 Å². The molecule has 0 heterocycles. The van der Waals surface area contributed by atoms with Crippen molar-refractivity contribution in [2.75, 3.05) is 13.7 Å². The fraction of sp³-hybridized carbons (Fsp3) is 0.440. The summed E-state index contributed by atoms with van der Waals surface area (Å²) in [6, 6.07) is 15.2. The molecule has 1 atom stereocenters. The predicted molar refractivity (Wildman–Crippen MR) is 121 cm³/mol. The number of para-hydroxylation sites is 1. The lowest BCUT2D eigenvalue weighted by Crippen LogP contribution is -2.49. The third kappa shape index (κ3) is 6.09. The van der Waals surface area contributed by atoms with Crippen LogP contribution in [0.2, 0.25) is 0 Å². The molecule has 2 aromatic rings. The zero-order valence-electron chi connectivity index (χ0n) is 19.0. The van der Waals surface area contributed by atoms with Crippen LogP contribution < -0.4 is 10.1 Å². The standard InChI is InChI=1S/C25H34N2O3/c1-7-21(24(29)26-6)27(16-19-12-10-11-18(2)15-19)23(28)17-30-22-14-9-8-13-20(22)25(3,4)5/h8-15,21H,7,16-17H2,1-6H3,(H,26,29)/t21-/m0/s1. The van der Waals surface area contributed by atoms with E-state index in [-0.39, 0.29) is 23.8 Å². The fourth-order valence-electron chi connectivity index (χ4n) is 3.53. The van der Waals surface area contributed by atoms with E-state index in [4.69, 9.17) is 4.74 Å². The number of hydrogen-bond acceptors (Lipinski definition) is 3. The molecule has 0 unspecified atom stereocenters. The first-order chi connectivity index (χ1) is 14.2. The van der Waals surface area contributed by atoms with Crippen LogP contribution in [0.4, 0.5) is 0 Å². The van der Waals surface area contributed by atoms with Crippen molar-refractivity contribution in [3.05, 3.63) is 65.2 Å². The summed E-state index contributed by atoms with van der Waals surface area (Å²) < 4.78 is 5.95. The summed E-state index contributed by atoms with van der Waals surface area (Å²) in [6.45, 7) is 10.5. The van der Waals surface area contributed by atoms with Gasteiger partial charge in [0.25, 0.3) is 5.91 Å². The number of ether oxygens (including phenoxy) is 1. The van der Waals surface area contributed by atoms with Crippen molar-refractivity contribution in [1.82, 2.24) is 10.2 Å². The van der Waals surface area contributed by atoms with Crippen LogP contribution in [0.3, 0.4) is 0 Å². The average molecular weight is 411 g/mol. The molecule has 2 rings (SSSR count). The van der Waals surface area contributed by atoms with Crippen molar-refractivity contribution in [2.24, 2.45) is 0 Å². The average Bonchev–Trinajstić information content (AvgIpc) is 2.71. The van der Waals surface area contributed by atoms with Gasteiger partial charge in [0.2, 0.25) is 5.91 Å². The lowest BCUT2D eigenvalue weighted by atomic mass is 9.86. The molecule has 162 valence electrons. The van der Waals surface area contributed by atoms with Gasteiger partial charge < -0.3 is 15.0 Å². The SMILES string of the molecule is CC[C@@H](C(=O)NC)N(Cc1cccc(C)c1)C(=O)COc1ccccc1C(C)(C)C. The number of carbonyl (C=O) groups is 2. The van der Waals surface area contributed by atoms with Gasteiger partial charge in [-0.3, -0.25) is 9.59 Å². The van der Waals surface area contributed by atoms with Crippen molar-refractivity contribution in [3.63, 3.8) is 0 Å². The minimum absolute atomic E-state index is 0.102. The summed E-state index contributed by atoms with van der Waals surface area (Å²) >= 11 is 0. The Morgan fingerprint density at radius 2 is 1.80 bits per heavy atom. The second-order valence-corrected chi connectivity index (χ2v) is 8.58. The molecule has 0 aromatic heterocycles. The number of hydrogen-bond donors (Lipinski definition) is 1. The van der Waals surface area contributed by atoms with Gasteiger partial charge in [0.1, 0.15) is 11.8 Å². The molecule has 30 heavy (non-hydrogen) atoms. The largest absolute Gasteiger partial charge is 0.483 e. The van der Waals surface area contributed by atoms with Crippen LogP contribution in [0.25, 0.3) is 0 Å². The van der Waals surface area contributed by atoms with Crippen LogP contribution in [0, 0.1) is 6.92 Å². The summed E-state index contributed by atoms with van der Waals surface area (Å²) in [4.78, 5) is 27.3. The highest BCUT2D eigenvalue weighted by molar-refractivity contribution is 5.88. The zero-order chi connectivity index (χ0) is 22.3. The maximum absolute atomic E-state index is 13.2. The Kier molecular flexibility index (Phi) is 8.04. The van der Waals surface area contributed by atoms with Crippen LogP contribution in [-0.4, -0.2) is 36.4 Å². The molecule has 0 aliphatic rings. The summed E-state index contributed by atoms with van der Waals surface area (Å²) in [5, 5.41) is 2.68. The number of aryl methyl sites for hydroxylation is 1.